The summed E-state index contributed by atoms with van der Waals surface area (Å²) in [6, 6.07) is 5.50. The Morgan fingerprint density at radius 2 is 2.37 bits per heavy atom. The van der Waals surface area contributed by atoms with E-state index in [1.807, 2.05) is 12.1 Å². The molecule has 1 saturated heterocycles. The van der Waals surface area contributed by atoms with Crippen molar-refractivity contribution in [3.8, 4) is 0 Å². The number of likely N-dealkylation sites (tertiary alicyclic amines) is 1. The second-order valence-electron chi connectivity index (χ2n) is 5.14. The van der Waals surface area contributed by atoms with Crippen molar-refractivity contribution in [2.75, 3.05) is 26.7 Å². The summed E-state index contributed by atoms with van der Waals surface area (Å²) in [7, 11) is 2.13. The van der Waals surface area contributed by atoms with E-state index in [2.05, 4.69) is 45.8 Å². The molecule has 0 radical (unpaired) electrons. The molecule has 3 nitrogen and oxygen atoms in total. The van der Waals surface area contributed by atoms with Crippen LogP contribution in [0.2, 0.25) is 0 Å². The lowest BCUT2D eigenvalue weighted by molar-refractivity contribution is 0.0934. The molecule has 1 heterocycles. The number of benzene rings is 1. The molecule has 1 aliphatic heterocycles. The third-order valence-corrected chi connectivity index (χ3v) is 4.34. The van der Waals surface area contributed by atoms with Crippen LogP contribution in [0, 0.1) is 5.92 Å². The van der Waals surface area contributed by atoms with Gasteiger partial charge in [0.1, 0.15) is 0 Å². The Bertz CT molecular complexity index is 467. The number of amides is 1. The Labute approximate surface area is 128 Å². The number of nitrogens with one attached hydrogen (secondary N) is 1. The number of hydrogen-bond acceptors (Lipinski definition) is 3. The Balaban J connectivity index is 1.90. The summed E-state index contributed by atoms with van der Waals surface area (Å²) in [6.07, 6.45) is 2.41. The number of carbonyl (C=O) groups is 1. The average molecular weight is 343 g/mol. The normalized spacial score (nSPS) is 20.3. The van der Waals surface area contributed by atoms with Crippen LogP contribution >= 0.6 is 28.6 Å². The van der Waals surface area contributed by atoms with E-state index in [1.54, 1.807) is 6.07 Å². The molecule has 1 N–H and O–H groups in total. The minimum atomic E-state index is -0.0364. The number of nitrogens with zero attached hydrogens (tertiary/aromatic N) is 1. The highest BCUT2D eigenvalue weighted by Crippen LogP contribution is 2.20. The number of thiol groups is 1. The lowest BCUT2D eigenvalue weighted by atomic mass is 9.98. The molecule has 0 saturated carbocycles. The van der Waals surface area contributed by atoms with E-state index in [0.717, 1.165) is 24.1 Å². The van der Waals surface area contributed by atoms with E-state index in [9.17, 15) is 4.79 Å². The van der Waals surface area contributed by atoms with Gasteiger partial charge in [0.15, 0.2) is 0 Å². The summed E-state index contributed by atoms with van der Waals surface area (Å²) in [5, 5.41) is 3.02. The second kappa shape index (κ2) is 6.77. The molecule has 1 unspecified atom stereocenters. The monoisotopic (exact) mass is 342 g/mol. The SMILES string of the molecule is CN1CCCC(CNC(=O)c2ccc(Br)cc2S)C1. The fourth-order valence-electron chi connectivity index (χ4n) is 2.47. The number of rotatable bonds is 3. The van der Waals surface area contributed by atoms with Gasteiger partial charge in [0.2, 0.25) is 0 Å². The van der Waals surface area contributed by atoms with Gasteiger partial charge in [0.25, 0.3) is 5.91 Å². The van der Waals surface area contributed by atoms with Gasteiger partial charge in [-0.05, 0) is 50.6 Å². The first-order chi connectivity index (χ1) is 9.06. The van der Waals surface area contributed by atoms with Gasteiger partial charge in [-0.25, -0.2) is 0 Å². The molecule has 0 aliphatic carbocycles. The van der Waals surface area contributed by atoms with Crippen molar-refractivity contribution in [1.82, 2.24) is 10.2 Å². The summed E-state index contributed by atoms with van der Waals surface area (Å²) in [5.74, 6) is 0.521. The van der Waals surface area contributed by atoms with Crippen molar-refractivity contribution in [3.05, 3.63) is 28.2 Å². The smallest absolute Gasteiger partial charge is 0.252 e. The fraction of sp³-hybridized carbons (Fsp3) is 0.500. The molecule has 104 valence electrons. The van der Waals surface area contributed by atoms with E-state index in [4.69, 9.17) is 0 Å². The van der Waals surface area contributed by atoms with E-state index in [1.165, 1.54) is 12.8 Å². The molecule has 5 heteroatoms. The van der Waals surface area contributed by atoms with E-state index < -0.39 is 0 Å². The zero-order valence-corrected chi connectivity index (χ0v) is 13.5. The maximum absolute atomic E-state index is 12.1. The van der Waals surface area contributed by atoms with Crippen LogP contribution in [0.4, 0.5) is 0 Å². The van der Waals surface area contributed by atoms with Crippen molar-refractivity contribution >= 4 is 34.5 Å². The van der Waals surface area contributed by atoms with Gasteiger partial charge in [-0.15, -0.1) is 12.6 Å². The minimum absolute atomic E-state index is 0.0364. The molecule has 2 rings (SSSR count). The molecule has 1 amide bonds. The van der Waals surface area contributed by atoms with E-state index in [0.29, 0.717) is 16.4 Å². The molecule has 1 aromatic rings. The molecular weight excluding hydrogens is 324 g/mol. The maximum atomic E-state index is 12.1. The summed E-state index contributed by atoms with van der Waals surface area (Å²) in [5.41, 5.74) is 0.635. The standard InChI is InChI=1S/C14H19BrN2OS/c1-17-6-2-3-10(9-17)8-16-14(18)12-5-4-11(15)7-13(12)19/h4-5,7,10,19H,2-3,6,8-9H2,1H3,(H,16,18). The first kappa shape index (κ1) is 14.9. The zero-order valence-electron chi connectivity index (χ0n) is 11.0. The first-order valence-corrected chi connectivity index (χ1v) is 7.75. The van der Waals surface area contributed by atoms with Gasteiger partial charge in [-0.2, -0.15) is 0 Å². The molecule has 1 aliphatic rings. The van der Waals surface area contributed by atoms with Crippen molar-refractivity contribution in [2.24, 2.45) is 5.92 Å². The van der Waals surface area contributed by atoms with Crippen LogP contribution in [-0.4, -0.2) is 37.5 Å². The molecule has 1 atom stereocenters. The van der Waals surface area contributed by atoms with Crippen LogP contribution in [0.15, 0.2) is 27.6 Å². The van der Waals surface area contributed by atoms with Gasteiger partial charge in [-0.1, -0.05) is 15.9 Å². The second-order valence-corrected chi connectivity index (χ2v) is 6.54. The topological polar surface area (TPSA) is 32.3 Å². The van der Waals surface area contributed by atoms with Gasteiger partial charge >= 0.3 is 0 Å². The minimum Gasteiger partial charge on any atom is -0.352 e. The quantitative estimate of drug-likeness (QED) is 0.828. The van der Waals surface area contributed by atoms with Crippen LogP contribution in [0.25, 0.3) is 0 Å². The maximum Gasteiger partial charge on any atom is 0.252 e. The van der Waals surface area contributed by atoms with E-state index >= 15 is 0 Å². The number of hydrogen-bond donors (Lipinski definition) is 2. The summed E-state index contributed by atoms with van der Waals surface area (Å²) >= 11 is 7.71. The molecule has 0 spiro atoms. The Morgan fingerprint density at radius 3 is 3.05 bits per heavy atom. The van der Waals surface area contributed by atoms with Crippen LogP contribution < -0.4 is 5.32 Å². The Hall–Kier alpha value is -0.520. The first-order valence-electron chi connectivity index (χ1n) is 6.51. The van der Waals surface area contributed by atoms with Gasteiger partial charge in [0, 0.05) is 22.5 Å². The zero-order chi connectivity index (χ0) is 13.8. The summed E-state index contributed by atoms with van der Waals surface area (Å²) in [6.45, 7) is 2.97. The van der Waals surface area contributed by atoms with Crippen molar-refractivity contribution in [3.63, 3.8) is 0 Å². The van der Waals surface area contributed by atoms with Crippen LogP contribution in [-0.2, 0) is 0 Å². The van der Waals surface area contributed by atoms with Gasteiger partial charge < -0.3 is 10.2 Å². The third kappa shape index (κ3) is 4.23. The predicted molar refractivity (Wildman–Crippen MR) is 83.9 cm³/mol. The largest absolute Gasteiger partial charge is 0.352 e. The summed E-state index contributed by atoms with van der Waals surface area (Å²) < 4.78 is 0.933. The van der Waals surface area contributed by atoms with Crippen molar-refractivity contribution in [2.45, 2.75) is 17.7 Å². The fourth-order valence-corrected chi connectivity index (χ4v) is 3.32. The van der Waals surface area contributed by atoms with Crippen LogP contribution in [0.5, 0.6) is 0 Å². The van der Waals surface area contributed by atoms with Crippen molar-refractivity contribution < 1.29 is 4.79 Å². The Kier molecular flexibility index (Phi) is 5.30. The average Bonchev–Trinajstić information content (AvgIpc) is 2.36. The molecule has 0 bridgehead atoms. The molecule has 0 aromatic heterocycles. The highest BCUT2D eigenvalue weighted by molar-refractivity contribution is 9.10. The Morgan fingerprint density at radius 1 is 1.58 bits per heavy atom. The number of piperidine rings is 1. The van der Waals surface area contributed by atoms with E-state index in [-0.39, 0.29) is 5.91 Å². The van der Waals surface area contributed by atoms with Crippen LogP contribution in [0.3, 0.4) is 0 Å². The predicted octanol–water partition coefficient (Wildman–Crippen LogP) is 2.81. The lowest BCUT2D eigenvalue weighted by Crippen LogP contribution is -2.39. The third-order valence-electron chi connectivity index (χ3n) is 3.48. The highest BCUT2D eigenvalue weighted by Gasteiger charge is 2.18. The highest BCUT2D eigenvalue weighted by atomic mass is 79.9. The molecule has 19 heavy (non-hydrogen) atoms. The molecular formula is C14H19BrN2OS. The number of carbonyl (C=O) groups excluding carboxylic acids is 1. The van der Waals surface area contributed by atoms with Crippen molar-refractivity contribution in [1.29, 1.82) is 0 Å². The lowest BCUT2D eigenvalue weighted by Gasteiger charge is -2.29. The summed E-state index contributed by atoms with van der Waals surface area (Å²) in [4.78, 5) is 15.1. The van der Waals surface area contributed by atoms with Crippen LogP contribution in [0.1, 0.15) is 23.2 Å². The van der Waals surface area contributed by atoms with Gasteiger partial charge in [0.05, 0.1) is 5.56 Å². The molecule has 1 fully saturated rings. The van der Waals surface area contributed by atoms with Gasteiger partial charge in [-0.3, -0.25) is 4.79 Å². The molecule has 1 aromatic carbocycles. The number of halogens is 1.